The summed E-state index contributed by atoms with van der Waals surface area (Å²) in [5, 5.41) is 14.8. The Morgan fingerprint density at radius 1 is 1.04 bits per heavy atom. The number of imidazole rings is 2. The van der Waals surface area contributed by atoms with Crippen LogP contribution in [0.4, 0.5) is 9.59 Å². The monoisotopic (exact) mass is 733 g/mol. The zero-order valence-corrected chi connectivity index (χ0v) is 31.6. The van der Waals surface area contributed by atoms with Crippen molar-refractivity contribution in [3.63, 3.8) is 0 Å². The molecule has 0 saturated carbocycles. The third-order valence-corrected chi connectivity index (χ3v) is 11.8. The highest BCUT2D eigenvalue weighted by atomic mass is 16.5. The Kier molecular flexibility index (Phi) is 8.57. The maximum Gasteiger partial charge on any atom is 0.408 e. The number of likely N-dealkylation sites (tertiary alicyclic amines) is 2. The number of aromatic nitrogens is 4. The minimum atomic E-state index is -0.927. The summed E-state index contributed by atoms with van der Waals surface area (Å²) in [7, 11) is 1.29. The lowest BCUT2D eigenvalue weighted by atomic mass is 9.71. The van der Waals surface area contributed by atoms with Crippen LogP contribution in [0.5, 0.6) is 5.75 Å². The van der Waals surface area contributed by atoms with Gasteiger partial charge >= 0.3 is 12.2 Å². The predicted molar refractivity (Wildman–Crippen MR) is 204 cm³/mol. The molecule has 3 atom stereocenters. The number of methoxy groups -OCH3 is 1. The summed E-state index contributed by atoms with van der Waals surface area (Å²) in [5.41, 5.74) is 5.45. The summed E-state index contributed by atoms with van der Waals surface area (Å²) in [6, 6.07) is 13.6. The Labute approximate surface area is 313 Å². The number of benzene rings is 3. The van der Waals surface area contributed by atoms with E-state index < -0.39 is 23.8 Å². The number of rotatable bonds is 6. The maximum absolute atomic E-state index is 13.6. The third kappa shape index (κ3) is 5.54. The van der Waals surface area contributed by atoms with Crippen molar-refractivity contribution >= 4 is 39.9 Å². The Morgan fingerprint density at radius 3 is 2.56 bits per heavy atom. The number of H-pyrrole nitrogens is 2. The molecule has 2 fully saturated rings. The predicted octanol–water partition coefficient (Wildman–Crippen LogP) is 7.72. The van der Waals surface area contributed by atoms with E-state index >= 15 is 0 Å². The lowest BCUT2D eigenvalue weighted by molar-refractivity contribution is -0.135. The van der Waals surface area contributed by atoms with Crippen molar-refractivity contribution in [3.8, 4) is 28.1 Å². The number of carbonyl (C=O) groups excluding carboxylic acids is 2. The number of ether oxygens (including phenoxy) is 2. The lowest BCUT2D eigenvalue weighted by Gasteiger charge is -2.45. The van der Waals surface area contributed by atoms with E-state index in [-0.39, 0.29) is 23.3 Å². The van der Waals surface area contributed by atoms with Crippen molar-refractivity contribution in [1.82, 2.24) is 35.1 Å². The van der Waals surface area contributed by atoms with E-state index in [4.69, 9.17) is 19.4 Å². The van der Waals surface area contributed by atoms with Crippen molar-refractivity contribution in [2.75, 3.05) is 20.2 Å². The van der Waals surface area contributed by atoms with Gasteiger partial charge in [-0.15, -0.1) is 0 Å². The Balaban J connectivity index is 1.08. The summed E-state index contributed by atoms with van der Waals surface area (Å²) in [6.45, 7) is 11.5. The molecule has 2 saturated heterocycles. The van der Waals surface area contributed by atoms with Gasteiger partial charge in [0.05, 0.1) is 36.1 Å². The molecule has 2 aromatic heterocycles. The molecule has 54 heavy (non-hydrogen) atoms. The van der Waals surface area contributed by atoms with Crippen LogP contribution in [0.2, 0.25) is 0 Å². The number of carboxylic acid groups (broad SMARTS) is 1. The van der Waals surface area contributed by atoms with Crippen LogP contribution in [0.15, 0.2) is 48.7 Å². The van der Waals surface area contributed by atoms with Crippen molar-refractivity contribution in [2.24, 2.45) is 11.3 Å². The van der Waals surface area contributed by atoms with E-state index in [9.17, 15) is 19.5 Å². The van der Waals surface area contributed by atoms with Crippen LogP contribution < -0.4 is 10.1 Å². The number of hydrogen-bond acceptors (Lipinski definition) is 7. The molecule has 0 unspecified atom stereocenters. The van der Waals surface area contributed by atoms with E-state index in [0.29, 0.717) is 37.8 Å². The first-order valence-corrected chi connectivity index (χ1v) is 18.7. The quantitative estimate of drug-likeness (QED) is 0.138. The van der Waals surface area contributed by atoms with E-state index in [2.05, 4.69) is 72.5 Å². The van der Waals surface area contributed by atoms with Crippen LogP contribution >= 0.6 is 0 Å². The van der Waals surface area contributed by atoms with Crippen molar-refractivity contribution < 1.29 is 29.0 Å². The second-order valence-corrected chi connectivity index (χ2v) is 16.1. The molecule has 3 aliphatic heterocycles. The largest absolute Gasteiger partial charge is 0.488 e. The molecule has 13 heteroatoms. The van der Waals surface area contributed by atoms with Crippen LogP contribution in [0.1, 0.15) is 83.6 Å². The van der Waals surface area contributed by atoms with Gasteiger partial charge < -0.3 is 34.8 Å². The number of fused-ring (bicyclic) bond motifs is 7. The molecule has 0 aliphatic carbocycles. The van der Waals surface area contributed by atoms with Crippen molar-refractivity contribution in [1.29, 1.82) is 0 Å². The van der Waals surface area contributed by atoms with Gasteiger partial charge in [-0.2, -0.15) is 0 Å². The molecule has 4 N–H and O–H groups in total. The van der Waals surface area contributed by atoms with Gasteiger partial charge in [0.25, 0.3) is 0 Å². The Morgan fingerprint density at radius 2 is 1.81 bits per heavy atom. The standard InChI is InChI=1S/C41H47N7O6/c1-22(2)32(46-38(50)53-6)36(49)47-17-7-9-31(47)35-42-20-30(43-35)23-10-11-25-24(19-23)21-54-34-27(25)13-12-26-28(34)14-15-29-33(26)45-37(44-29)41(40(3,4)5)16-8-18-48(41)39(51)52/h10-15,19-20,22,31-32H,7-9,16-18,21H2,1-6H3,(H,42,43)(H,44,45)(H,46,50)(H,51,52)/t31-,32+,41-/m1/s1. The van der Waals surface area contributed by atoms with E-state index in [0.717, 1.165) is 74.8 Å². The molecule has 0 bridgehead atoms. The zero-order valence-electron chi connectivity index (χ0n) is 31.6. The van der Waals surface area contributed by atoms with Gasteiger partial charge in [-0.3, -0.25) is 9.69 Å². The van der Waals surface area contributed by atoms with E-state index in [1.165, 1.54) is 7.11 Å². The normalized spacial score (nSPS) is 20.2. The van der Waals surface area contributed by atoms with Crippen LogP contribution in [0.3, 0.4) is 0 Å². The molecule has 3 aliphatic rings. The molecular weight excluding hydrogens is 686 g/mol. The summed E-state index contributed by atoms with van der Waals surface area (Å²) in [4.78, 5) is 58.3. The molecule has 0 spiro atoms. The average Bonchev–Trinajstić information content (AvgIpc) is 3.97. The number of hydrogen-bond donors (Lipinski definition) is 4. The number of carbonyl (C=O) groups is 3. The van der Waals surface area contributed by atoms with Crippen LogP contribution in [-0.4, -0.2) is 79.2 Å². The van der Waals surface area contributed by atoms with E-state index in [1.54, 1.807) is 4.90 Å². The highest BCUT2D eigenvalue weighted by molar-refractivity contribution is 6.09. The molecule has 0 radical (unpaired) electrons. The van der Waals surface area contributed by atoms with Gasteiger partial charge in [0, 0.05) is 29.4 Å². The third-order valence-electron chi connectivity index (χ3n) is 11.8. The first-order chi connectivity index (χ1) is 25.8. The fourth-order valence-corrected chi connectivity index (χ4v) is 9.01. The minimum Gasteiger partial charge on any atom is -0.488 e. The van der Waals surface area contributed by atoms with Gasteiger partial charge in [0.1, 0.15) is 35.6 Å². The fourth-order valence-electron chi connectivity index (χ4n) is 9.01. The fraction of sp³-hybridized carbons (Fsp3) is 0.439. The number of nitrogens with zero attached hydrogens (tertiary/aromatic N) is 4. The van der Waals surface area contributed by atoms with E-state index in [1.807, 2.05) is 31.0 Å². The topological polar surface area (TPSA) is 166 Å². The molecule has 5 heterocycles. The molecule has 3 amide bonds. The lowest BCUT2D eigenvalue weighted by Crippen LogP contribution is -2.53. The number of amides is 3. The molecule has 3 aromatic carbocycles. The van der Waals surface area contributed by atoms with Gasteiger partial charge in [0.2, 0.25) is 5.91 Å². The SMILES string of the molecule is COC(=O)N[C@H](C(=O)N1CCC[C@@H]1c1ncc(-c2ccc3c(c2)COc2c-3ccc3c2ccc2[nH]c([C@@]4(C(C)(C)C)CCCN4C(=O)O)nc23)[nH]1)C(C)C. The molecule has 5 aromatic rings. The molecule has 13 nitrogen and oxygen atoms in total. The van der Waals surface area contributed by atoms with Gasteiger partial charge in [0.15, 0.2) is 0 Å². The van der Waals surface area contributed by atoms with Crippen molar-refractivity contribution in [2.45, 2.75) is 84.5 Å². The second-order valence-electron chi connectivity index (χ2n) is 16.1. The summed E-state index contributed by atoms with van der Waals surface area (Å²) < 4.78 is 11.3. The molecule has 282 valence electrons. The summed E-state index contributed by atoms with van der Waals surface area (Å²) in [6.07, 6.45) is 3.35. The first-order valence-electron chi connectivity index (χ1n) is 18.7. The smallest absolute Gasteiger partial charge is 0.408 e. The number of aromatic amines is 2. The zero-order chi connectivity index (χ0) is 38.1. The summed E-state index contributed by atoms with van der Waals surface area (Å²) >= 11 is 0. The van der Waals surface area contributed by atoms with Crippen LogP contribution in [-0.2, 0) is 21.7 Å². The van der Waals surface area contributed by atoms with Crippen LogP contribution in [0.25, 0.3) is 44.2 Å². The van der Waals surface area contributed by atoms with Crippen molar-refractivity contribution in [3.05, 3.63) is 65.9 Å². The highest BCUT2D eigenvalue weighted by Crippen LogP contribution is 2.51. The first kappa shape index (κ1) is 35.4. The maximum atomic E-state index is 13.6. The van der Waals surface area contributed by atoms with Gasteiger partial charge in [-0.05, 0) is 78.0 Å². The van der Waals surface area contributed by atoms with Crippen LogP contribution in [0, 0.1) is 11.3 Å². The number of nitrogens with one attached hydrogen (secondary N) is 3. The number of alkyl carbamates (subject to hydrolysis) is 1. The highest BCUT2D eigenvalue weighted by Gasteiger charge is 2.55. The average molecular weight is 734 g/mol. The van der Waals surface area contributed by atoms with Gasteiger partial charge in [-0.25, -0.2) is 19.6 Å². The second kappa shape index (κ2) is 13.1. The Bertz CT molecular complexity index is 2300. The minimum absolute atomic E-state index is 0.112. The summed E-state index contributed by atoms with van der Waals surface area (Å²) in [5.74, 6) is 1.94. The molecular formula is C41H47N7O6. The molecule has 8 rings (SSSR count). The van der Waals surface area contributed by atoms with Gasteiger partial charge in [-0.1, -0.05) is 52.8 Å². The Hall–Kier alpha value is -5.59.